The van der Waals surface area contributed by atoms with Crippen LogP contribution in [0.5, 0.6) is 5.75 Å². The fourth-order valence-corrected chi connectivity index (χ4v) is 7.24. The first-order valence-electron chi connectivity index (χ1n) is 15.3. The van der Waals surface area contributed by atoms with Gasteiger partial charge < -0.3 is 10.2 Å². The highest BCUT2D eigenvalue weighted by molar-refractivity contribution is 7.91. The maximum atomic E-state index is 13.6. The highest BCUT2D eigenvalue weighted by Crippen LogP contribution is 2.39. The molecule has 1 aliphatic rings. The molecular weight excluding hydrogens is 598 g/mol. The molecule has 0 atom stereocenters. The number of halogens is 4. The molecule has 2 aromatic carbocycles. The van der Waals surface area contributed by atoms with E-state index in [0.29, 0.717) is 19.5 Å². The summed E-state index contributed by atoms with van der Waals surface area (Å²) in [6, 6.07) is 12.1. The molecule has 0 saturated carbocycles. The van der Waals surface area contributed by atoms with E-state index in [2.05, 4.69) is 0 Å². The second-order valence-electron chi connectivity index (χ2n) is 11.6. The molecule has 0 bridgehead atoms. The number of carboxylic acids is 1. The number of carboxylic acid groups (broad SMARTS) is 1. The van der Waals surface area contributed by atoms with E-state index in [-0.39, 0.29) is 30.3 Å². The van der Waals surface area contributed by atoms with Gasteiger partial charge in [-0.25, -0.2) is 12.8 Å². The lowest BCUT2D eigenvalue weighted by Crippen LogP contribution is -2.32. The van der Waals surface area contributed by atoms with Gasteiger partial charge in [-0.3, -0.25) is 9.69 Å². The van der Waals surface area contributed by atoms with Gasteiger partial charge in [-0.15, -0.1) is 0 Å². The van der Waals surface area contributed by atoms with E-state index in [1.807, 2.05) is 24.3 Å². The van der Waals surface area contributed by atoms with Gasteiger partial charge in [0.05, 0.1) is 18.1 Å². The average Bonchev–Trinajstić information content (AvgIpc) is 3.11. The number of aromatic hydroxyl groups is 1. The third-order valence-electron chi connectivity index (χ3n) is 7.95. The number of carbonyl (C=O) groups is 1. The number of aliphatic carboxylic acids is 1. The molecule has 6 nitrogen and oxygen atoms in total. The number of phenols is 1. The molecule has 44 heavy (non-hydrogen) atoms. The molecule has 244 valence electrons. The van der Waals surface area contributed by atoms with Gasteiger partial charge in [0.25, 0.3) is 0 Å². The summed E-state index contributed by atoms with van der Waals surface area (Å²) in [6.45, 7) is 0.800. The van der Waals surface area contributed by atoms with Crippen molar-refractivity contribution in [2.45, 2.75) is 83.2 Å². The molecule has 11 heteroatoms. The van der Waals surface area contributed by atoms with E-state index in [0.717, 1.165) is 68.1 Å². The van der Waals surface area contributed by atoms with Gasteiger partial charge >= 0.3 is 12.1 Å². The Morgan fingerprint density at radius 3 is 2.20 bits per heavy atom. The Morgan fingerprint density at radius 1 is 0.864 bits per heavy atom. The van der Waals surface area contributed by atoms with Crippen LogP contribution >= 0.6 is 0 Å². The van der Waals surface area contributed by atoms with Crippen molar-refractivity contribution in [3.8, 4) is 5.75 Å². The summed E-state index contributed by atoms with van der Waals surface area (Å²) in [5.41, 5.74) is 5.64. The molecule has 3 rings (SSSR count). The van der Waals surface area contributed by atoms with E-state index in [1.165, 1.54) is 23.3 Å². The van der Waals surface area contributed by atoms with Crippen molar-refractivity contribution in [1.29, 1.82) is 0 Å². The minimum atomic E-state index is -4.37. The highest BCUT2D eigenvalue weighted by atomic mass is 32.2. The number of nitrogens with zero attached hydrogens (tertiary/aromatic N) is 1. The Morgan fingerprint density at radius 2 is 1.52 bits per heavy atom. The lowest BCUT2D eigenvalue weighted by Gasteiger charge is -2.20. The van der Waals surface area contributed by atoms with Crippen LogP contribution in [0.1, 0.15) is 87.3 Å². The van der Waals surface area contributed by atoms with Crippen molar-refractivity contribution in [2.75, 3.05) is 31.1 Å². The normalized spacial score (nSPS) is 14.1. The minimum absolute atomic E-state index is 0.157. The number of alkyl halides is 3. The van der Waals surface area contributed by atoms with Crippen LogP contribution in [0.4, 0.5) is 17.6 Å². The van der Waals surface area contributed by atoms with Gasteiger partial charge in [-0.05, 0) is 123 Å². The summed E-state index contributed by atoms with van der Waals surface area (Å²) in [5.74, 6) is -1.71. The summed E-state index contributed by atoms with van der Waals surface area (Å²) < 4.78 is 74.6. The van der Waals surface area contributed by atoms with Crippen LogP contribution in [-0.2, 0) is 21.1 Å². The largest absolute Gasteiger partial charge is 0.508 e. The predicted octanol–water partition coefficient (Wildman–Crippen LogP) is 7.65. The number of hydrogen-bond donors (Lipinski definition) is 2. The molecule has 0 aromatic heterocycles. The zero-order valence-electron chi connectivity index (χ0n) is 25.0. The van der Waals surface area contributed by atoms with Crippen molar-refractivity contribution in [3.63, 3.8) is 0 Å². The number of sulfone groups is 1. The van der Waals surface area contributed by atoms with E-state index in [9.17, 15) is 41.0 Å². The van der Waals surface area contributed by atoms with Gasteiger partial charge in [0, 0.05) is 6.42 Å². The Hall–Kier alpha value is -2.92. The Bertz CT molecular complexity index is 1360. The number of unbranched alkanes of at least 4 members (excludes halogenated alkanes) is 4. The van der Waals surface area contributed by atoms with Crippen LogP contribution < -0.4 is 0 Å². The molecule has 2 N–H and O–H groups in total. The fourth-order valence-electron chi connectivity index (χ4n) is 5.81. The molecule has 0 radical (unpaired) electrons. The van der Waals surface area contributed by atoms with Crippen LogP contribution in [0.15, 0.2) is 42.5 Å². The molecule has 1 aliphatic carbocycles. The SMILES string of the molecule is O=C(O)CN(CCCCCCC1=C(c2ccc(F)cc2)CCCc2cc(O)ccc21)CCCCS(=O)(=O)CCCC(F)(F)F. The molecule has 0 spiro atoms. The van der Waals surface area contributed by atoms with Crippen LogP contribution in [0, 0.1) is 5.82 Å². The number of hydrogen-bond acceptors (Lipinski definition) is 5. The predicted molar refractivity (Wildman–Crippen MR) is 165 cm³/mol. The molecule has 0 aliphatic heterocycles. The molecule has 0 unspecified atom stereocenters. The summed E-state index contributed by atoms with van der Waals surface area (Å²) >= 11 is 0. The zero-order chi connectivity index (χ0) is 32.2. The highest BCUT2D eigenvalue weighted by Gasteiger charge is 2.27. The van der Waals surface area contributed by atoms with E-state index in [4.69, 9.17) is 0 Å². The van der Waals surface area contributed by atoms with Gasteiger partial charge in [0.1, 0.15) is 21.4 Å². The molecule has 2 aromatic rings. The number of fused-ring (bicyclic) bond motifs is 1. The van der Waals surface area contributed by atoms with E-state index < -0.39 is 40.6 Å². The van der Waals surface area contributed by atoms with Crippen LogP contribution in [0.3, 0.4) is 0 Å². The Balaban J connectivity index is 1.49. The maximum Gasteiger partial charge on any atom is 0.389 e. The van der Waals surface area contributed by atoms with Crippen molar-refractivity contribution < 1.29 is 41.0 Å². The van der Waals surface area contributed by atoms with Crippen molar-refractivity contribution in [1.82, 2.24) is 4.90 Å². The number of benzene rings is 2. The second-order valence-corrected chi connectivity index (χ2v) is 13.9. The summed E-state index contributed by atoms with van der Waals surface area (Å²) in [7, 11) is -3.58. The Kier molecular flexibility index (Phi) is 13.7. The molecule has 0 amide bonds. The Labute approximate surface area is 257 Å². The van der Waals surface area contributed by atoms with Crippen LogP contribution in [-0.4, -0.2) is 66.8 Å². The first-order valence-corrected chi connectivity index (χ1v) is 17.2. The van der Waals surface area contributed by atoms with Gasteiger partial charge in [-0.1, -0.05) is 31.0 Å². The first kappa shape index (κ1) is 35.6. The molecule has 0 fully saturated rings. The third-order valence-corrected chi connectivity index (χ3v) is 9.77. The zero-order valence-corrected chi connectivity index (χ0v) is 25.9. The summed E-state index contributed by atoms with van der Waals surface area (Å²) in [6.07, 6.45) is 1.71. The number of rotatable bonds is 18. The lowest BCUT2D eigenvalue weighted by atomic mass is 9.89. The van der Waals surface area contributed by atoms with Gasteiger partial charge in [-0.2, -0.15) is 13.2 Å². The first-order chi connectivity index (χ1) is 20.8. The van der Waals surface area contributed by atoms with E-state index >= 15 is 0 Å². The molecule has 0 saturated heterocycles. The smallest absolute Gasteiger partial charge is 0.389 e. The second kappa shape index (κ2) is 17.0. The van der Waals surface area contributed by atoms with Crippen molar-refractivity contribution in [3.05, 3.63) is 65.0 Å². The van der Waals surface area contributed by atoms with Crippen molar-refractivity contribution in [2.24, 2.45) is 0 Å². The summed E-state index contributed by atoms with van der Waals surface area (Å²) in [5, 5.41) is 19.4. The quantitative estimate of drug-likeness (QED) is 0.128. The van der Waals surface area contributed by atoms with E-state index in [1.54, 1.807) is 11.0 Å². The monoisotopic (exact) mass is 641 g/mol. The van der Waals surface area contributed by atoms with Crippen molar-refractivity contribution >= 4 is 27.0 Å². The topological polar surface area (TPSA) is 94.9 Å². The minimum Gasteiger partial charge on any atom is -0.508 e. The van der Waals surface area contributed by atoms with Crippen LogP contribution in [0.2, 0.25) is 0 Å². The van der Waals surface area contributed by atoms with Crippen LogP contribution in [0.25, 0.3) is 11.1 Å². The third kappa shape index (κ3) is 12.6. The molecular formula is C33H43F4NO5S. The molecule has 0 heterocycles. The van der Waals surface area contributed by atoms with Gasteiger partial charge in [0.15, 0.2) is 0 Å². The van der Waals surface area contributed by atoms with Gasteiger partial charge in [0.2, 0.25) is 0 Å². The number of aryl methyl sites for hydroxylation is 1. The lowest BCUT2D eigenvalue weighted by molar-refractivity contribution is -0.138. The summed E-state index contributed by atoms with van der Waals surface area (Å²) in [4.78, 5) is 13.1. The average molecular weight is 642 g/mol. The standard InChI is InChI=1S/C33H43F4NO5S/c34-27-14-12-25(13-15-27)29-11-7-9-26-23-28(39)16-17-30(26)31(29)10-3-1-2-4-19-38(24-32(40)41)20-5-6-21-44(42,43)22-8-18-33(35,36)37/h12-17,23,39H,1-11,18-22,24H2,(H,40,41). The number of phenolic OH excluding ortho intramolecular Hbond substituents is 1. The maximum absolute atomic E-state index is 13.6. The fraction of sp³-hybridized carbons (Fsp3) is 0.545. The number of allylic oxidation sites excluding steroid dienone is 2.